The molecule has 1 aliphatic rings. The standard InChI is InChI=1S/C29H24ClFN2O4S/c1-38(36,37)21-11-12-22(24(30)16-21)28(18-3-2-4-18)27(19-8-5-17(6-9-19)7-14-26(34)35)20-10-13-25-23(15-20)29(31)33-32-25/h5-16,18H,2-4H2,1H3,(H,32,33)(H,34,35). The number of nitrogens with zero attached hydrogens (tertiary/aromatic N) is 1. The number of carboxylic acids is 1. The average molecular weight is 551 g/mol. The minimum atomic E-state index is -3.44. The van der Waals surface area contributed by atoms with Gasteiger partial charge in [0.05, 0.1) is 15.8 Å². The van der Waals surface area contributed by atoms with Crippen LogP contribution in [-0.2, 0) is 14.6 Å². The molecule has 1 aromatic heterocycles. The summed E-state index contributed by atoms with van der Waals surface area (Å²) in [6.45, 7) is 0. The van der Waals surface area contributed by atoms with Gasteiger partial charge in [-0.05, 0) is 82.5 Å². The van der Waals surface area contributed by atoms with Gasteiger partial charge in [0.15, 0.2) is 9.84 Å². The van der Waals surface area contributed by atoms with E-state index in [4.69, 9.17) is 16.7 Å². The Balaban J connectivity index is 1.77. The van der Waals surface area contributed by atoms with Crippen LogP contribution in [0.15, 0.2) is 71.6 Å². The van der Waals surface area contributed by atoms with E-state index in [0.29, 0.717) is 21.5 Å². The predicted molar refractivity (Wildman–Crippen MR) is 147 cm³/mol. The number of carbonyl (C=O) groups is 1. The van der Waals surface area contributed by atoms with Gasteiger partial charge in [0.25, 0.3) is 0 Å². The molecule has 5 rings (SSSR count). The summed E-state index contributed by atoms with van der Waals surface area (Å²) in [6, 6.07) is 17.6. The lowest BCUT2D eigenvalue weighted by molar-refractivity contribution is -0.131. The largest absolute Gasteiger partial charge is 0.478 e. The molecule has 1 heterocycles. The number of rotatable bonds is 7. The molecule has 1 aliphatic carbocycles. The minimum Gasteiger partial charge on any atom is -0.478 e. The third-order valence-corrected chi connectivity index (χ3v) is 8.28. The first-order chi connectivity index (χ1) is 18.1. The summed E-state index contributed by atoms with van der Waals surface area (Å²) < 4.78 is 38.8. The lowest BCUT2D eigenvalue weighted by atomic mass is 9.73. The Morgan fingerprint density at radius 2 is 1.79 bits per heavy atom. The van der Waals surface area contributed by atoms with Crippen LogP contribution in [-0.4, -0.2) is 35.9 Å². The fourth-order valence-electron chi connectivity index (χ4n) is 4.74. The highest BCUT2D eigenvalue weighted by Crippen LogP contribution is 2.47. The third kappa shape index (κ3) is 5.14. The molecule has 6 nitrogen and oxygen atoms in total. The molecular formula is C29H24ClFN2O4S. The number of aliphatic carboxylic acids is 1. The van der Waals surface area contributed by atoms with E-state index in [1.807, 2.05) is 30.3 Å². The minimum absolute atomic E-state index is 0.136. The highest BCUT2D eigenvalue weighted by molar-refractivity contribution is 7.90. The first-order valence-corrected chi connectivity index (χ1v) is 14.3. The van der Waals surface area contributed by atoms with E-state index in [1.54, 1.807) is 24.3 Å². The van der Waals surface area contributed by atoms with Crippen LogP contribution in [0.2, 0.25) is 5.02 Å². The van der Waals surface area contributed by atoms with Crippen molar-refractivity contribution in [3.05, 3.63) is 100.0 Å². The van der Waals surface area contributed by atoms with E-state index < -0.39 is 21.8 Å². The van der Waals surface area contributed by atoms with Gasteiger partial charge in [0.1, 0.15) is 0 Å². The second kappa shape index (κ2) is 10.2. The van der Waals surface area contributed by atoms with Gasteiger partial charge in [-0.3, -0.25) is 5.10 Å². The van der Waals surface area contributed by atoms with Crippen molar-refractivity contribution >= 4 is 55.5 Å². The molecule has 0 saturated heterocycles. The molecule has 0 aliphatic heterocycles. The average Bonchev–Trinajstić information content (AvgIpc) is 3.21. The van der Waals surface area contributed by atoms with Crippen LogP contribution in [0.3, 0.4) is 0 Å². The first-order valence-electron chi connectivity index (χ1n) is 12.0. The topological polar surface area (TPSA) is 100 Å². The molecular weight excluding hydrogens is 527 g/mol. The summed E-state index contributed by atoms with van der Waals surface area (Å²) in [5, 5.41) is 16.0. The number of hydrogen-bond donors (Lipinski definition) is 2. The molecule has 0 radical (unpaired) electrons. The second-order valence-electron chi connectivity index (χ2n) is 9.39. The maximum atomic E-state index is 14.5. The number of halogens is 2. The molecule has 1 saturated carbocycles. The lowest BCUT2D eigenvalue weighted by Crippen LogP contribution is -2.15. The zero-order valence-electron chi connectivity index (χ0n) is 20.4. The fourth-order valence-corrected chi connectivity index (χ4v) is 5.74. The van der Waals surface area contributed by atoms with Gasteiger partial charge in [-0.15, -0.1) is 0 Å². The van der Waals surface area contributed by atoms with E-state index in [1.165, 1.54) is 12.1 Å². The molecule has 3 aromatic carbocycles. The van der Waals surface area contributed by atoms with Crippen LogP contribution < -0.4 is 0 Å². The maximum Gasteiger partial charge on any atom is 0.328 e. The number of aromatic nitrogens is 2. The van der Waals surface area contributed by atoms with Crippen molar-refractivity contribution in [2.24, 2.45) is 5.92 Å². The third-order valence-electron chi connectivity index (χ3n) is 6.86. The van der Waals surface area contributed by atoms with E-state index in [0.717, 1.165) is 59.4 Å². The monoisotopic (exact) mass is 550 g/mol. The summed E-state index contributed by atoms with van der Waals surface area (Å²) in [6.07, 6.45) is 6.64. The van der Waals surface area contributed by atoms with E-state index >= 15 is 0 Å². The van der Waals surface area contributed by atoms with Crippen molar-refractivity contribution < 1.29 is 22.7 Å². The van der Waals surface area contributed by atoms with Crippen molar-refractivity contribution in [2.45, 2.75) is 24.2 Å². The normalized spacial score (nSPS) is 15.0. The lowest BCUT2D eigenvalue weighted by Gasteiger charge is -2.32. The number of aromatic amines is 1. The van der Waals surface area contributed by atoms with Gasteiger partial charge in [-0.2, -0.15) is 9.49 Å². The van der Waals surface area contributed by atoms with Crippen LogP contribution in [0.5, 0.6) is 0 Å². The number of nitrogens with one attached hydrogen (secondary N) is 1. The molecule has 38 heavy (non-hydrogen) atoms. The van der Waals surface area contributed by atoms with E-state index in [9.17, 15) is 17.6 Å². The molecule has 0 spiro atoms. The number of H-pyrrole nitrogens is 1. The fraction of sp³-hybridized carbons (Fsp3) is 0.172. The van der Waals surface area contributed by atoms with Crippen molar-refractivity contribution in [1.29, 1.82) is 0 Å². The molecule has 194 valence electrons. The predicted octanol–water partition coefficient (Wildman–Crippen LogP) is 6.62. The molecule has 0 unspecified atom stereocenters. The Morgan fingerprint density at radius 3 is 2.39 bits per heavy atom. The number of hydrogen-bond acceptors (Lipinski definition) is 4. The summed E-state index contributed by atoms with van der Waals surface area (Å²) in [5.74, 6) is -1.40. The SMILES string of the molecule is CS(=O)(=O)c1ccc(C(=C(c2ccc(C=CC(=O)O)cc2)c2ccc3n[nH]c(F)c3c2)C2CCC2)c(Cl)c1. The van der Waals surface area contributed by atoms with Crippen molar-refractivity contribution in [1.82, 2.24) is 10.2 Å². The van der Waals surface area contributed by atoms with Gasteiger partial charge < -0.3 is 5.11 Å². The molecule has 0 amide bonds. The number of fused-ring (bicyclic) bond motifs is 1. The van der Waals surface area contributed by atoms with Crippen molar-refractivity contribution in [2.75, 3.05) is 6.26 Å². The molecule has 1 fully saturated rings. The number of sulfone groups is 1. The Labute approximate surface area is 224 Å². The zero-order valence-corrected chi connectivity index (χ0v) is 22.0. The van der Waals surface area contributed by atoms with Crippen LogP contribution in [0.4, 0.5) is 4.39 Å². The highest BCUT2D eigenvalue weighted by atomic mass is 35.5. The van der Waals surface area contributed by atoms with Gasteiger partial charge in [0, 0.05) is 17.4 Å². The summed E-state index contributed by atoms with van der Waals surface area (Å²) in [5.41, 5.74) is 5.34. The molecule has 0 bridgehead atoms. The van der Waals surface area contributed by atoms with Crippen molar-refractivity contribution in [3.63, 3.8) is 0 Å². The summed E-state index contributed by atoms with van der Waals surface area (Å²) in [7, 11) is -3.44. The zero-order chi connectivity index (χ0) is 27.0. The molecule has 0 atom stereocenters. The maximum absolute atomic E-state index is 14.5. The Hall–Kier alpha value is -3.75. The van der Waals surface area contributed by atoms with Crippen LogP contribution in [0, 0.1) is 11.9 Å². The van der Waals surface area contributed by atoms with Gasteiger partial charge in [-0.1, -0.05) is 54.4 Å². The first kappa shape index (κ1) is 25.9. The molecule has 9 heteroatoms. The second-order valence-corrected chi connectivity index (χ2v) is 11.8. The van der Waals surface area contributed by atoms with Crippen molar-refractivity contribution in [3.8, 4) is 0 Å². The van der Waals surface area contributed by atoms with Crippen LogP contribution >= 0.6 is 11.6 Å². The smallest absolute Gasteiger partial charge is 0.328 e. The van der Waals surface area contributed by atoms with Gasteiger partial charge in [-0.25, -0.2) is 13.2 Å². The summed E-state index contributed by atoms with van der Waals surface area (Å²) in [4.78, 5) is 11.1. The van der Waals surface area contributed by atoms with E-state index in [2.05, 4.69) is 10.2 Å². The summed E-state index contributed by atoms with van der Waals surface area (Å²) >= 11 is 6.73. The Bertz CT molecular complexity index is 1720. The Morgan fingerprint density at radius 1 is 1.08 bits per heavy atom. The molecule has 4 aromatic rings. The van der Waals surface area contributed by atoms with Crippen LogP contribution in [0.25, 0.3) is 28.1 Å². The van der Waals surface area contributed by atoms with Gasteiger partial charge >= 0.3 is 5.97 Å². The number of benzene rings is 3. The van der Waals surface area contributed by atoms with Gasteiger partial charge in [0.2, 0.25) is 5.95 Å². The van der Waals surface area contributed by atoms with E-state index in [-0.39, 0.29) is 10.8 Å². The number of allylic oxidation sites excluding steroid dienone is 1. The number of carboxylic acid groups (broad SMARTS) is 1. The van der Waals surface area contributed by atoms with Crippen LogP contribution in [0.1, 0.15) is 41.5 Å². The quantitative estimate of drug-likeness (QED) is 0.199. The molecule has 2 N–H and O–H groups in total. The highest BCUT2D eigenvalue weighted by Gasteiger charge is 2.29. The Kier molecular flexibility index (Phi) is 6.94.